The first kappa shape index (κ1) is 12.4. The number of hydrogen-bond donors (Lipinski definition) is 1. The number of ketones is 1. The van der Waals surface area contributed by atoms with Crippen LogP contribution >= 0.6 is 0 Å². The largest absolute Gasteiger partial charge is 0.481 e. The summed E-state index contributed by atoms with van der Waals surface area (Å²) in [5.41, 5.74) is 2.27. The van der Waals surface area contributed by atoms with Gasteiger partial charge in [-0.05, 0) is 31.0 Å². The van der Waals surface area contributed by atoms with E-state index in [2.05, 4.69) is 0 Å². The number of carboxylic acids is 1. The summed E-state index contributed by atoms with van der Waals surface area (Å²) in [5, 5.41) is 8.92. The average Bonchev–Trinajstić information content (AvgIpc) is 2.26. The van der Waals surface area contributed by atoms with Gasteiger partial charge in [-0.25, -0.2) is 0 Å². The highest BCUT2D eigenvalue weighted by molar-refractivity contribution is 5.96. The van der Waals surface area contributed by atoms with Crippen LogP contribution in [0.25, 0.3) is 0 Å². The normalized spacial score (nSPS) is 12.2. The summed E-state index contributed by atoms with van der Waals surface area (Å²) >= 11 is 0. The molecule has 1 rings (SSSR count). The molecule has 1 N–H and O–H groups in total. The molecule has 0 fully saturated rings. The van der Waals surface area contributed by atoms with Crippen molar-refractivity contribution in [3.8, 4) is 0 Å². The SMILES string of the molecule is CCC(=O)c1ccc(C(C)C(=O)O)c(C)c1. The minimum atomic E-state index is -0.849. The van der Waals surface area contributed by atoms with Gasteiger partial charge in [-0.2, -0.15) is 0 Å². The number of hydrogen-bond acceptors (Lipinski definition) is 2. The van der Waals surface area contributed by atoms with E-state index in [9.17, 15) is 9.59 Å². The molecule has 16 heavy (non-hydrogen) atoms. The van der Waals surface area contributed by atoms with Crippen molar-refractivity contribution in [3.63, 3.8) is 0 Å². The number of carbonyl (C=O) groups excluding carboxylic acids is 1. The summed E-state index contributed by atoms with van der Waals surface area (Å²) in [4.78, 5) is 22.3. The summed E-state index contributed by atoms with van der Waals surface area (Å²) in [7, 11) is 0. The van der Waals surface area contributed by atoms with Crippen LogP contribution in [0.2, 0.25) is 0 Å². The van der Waals surface area contributed by atoms with Crippen molar-refractivity contribution in [2.24, 2.45) is 0 Å². The van der Waals surface area contributed by atoms with E-state index in [-0.39, 0.29) is 5.78 Å². The zero-order valence-electron chi connectivity index (χ0n) is 9.78. The second-order valence-electron chi connectivity index (χ2n) is 3.91. The number of Topliss-reactive ketones (excluding diaryl/α,β-unsaturated/α-hetero) is 1. The zero-order valence-corrected chi connectivity index (χ0v) is 9.78. The fourth-order valence-corrected chi connectivity index (χ4v) is 1.67. The van der Waals surface area contributed by atoms with Crippen LogP contribution in [0.3, 0.4) is 0 Å². The molecule has 3 heteroatoms. The lowest BCUT2D eigenvalue weighted by atomic mass is 9.93. The molecule has 1 aromatic carbocycles. The van der Waals surface area contributed by atoms with Crippen molar-refractivity contribution in [2.75, 3.05) is 0 Å². The Bertz CT molecular complexity index is 421. The molecule has 3 nitrogen and oxygen atoms in total. The molecule has 0 saturated carbocycles. The first-order valence-corrected chi connectivity index (χ1v) is 5.34. The van der Waals surface area contributed by atoms with Gasteiger partial charge in [0.15, 0.2) is 5.78 Å². The number of aliphatic carboxylic acids is 1. The van der Waals surface area contributed by atoms with E-state index in [4.69, 9.17) is 5.11 Å². The van der Waals surface area contributed by atoms with Gasteiger partial charge in [0.25, 0.3) is 0 Å². The molecule has 1 aromatic rings. The quantitative estimate of drug-likeness (QED) is 0.794. The summed E-state index contributed by atoms with van der Waals surface area (Å²) in [6, 6.07) is 5.20. The monoisotopic (exact) mass is 220 g/mol. The molecule has 0 radical (unpaired) electrons. The molecule has 86 valence electrons. The van der Waals surface area contributed by atoms with Crippen LogP contribution in [-0.2, 0) is 4.79 Å². The maximum atomic E-state index is 11.5. The second-order valence-corrected chi connectivity index (χ2v) is 3.91. The fourth-order valence-electron chi connectivity index (χ4n) is 1.67. The lowest BCUT2D eigenvalue weighted by Gasteiger charge is -2.11. The molecule has 0 spiro atoms. The zero-order chi connectivity index (χ0) is 12.3. The van der Waals surface area contributed by atoms with Gasteiger partial charge in [0, 0.05) is 12.0 Å². The Hall–Kier alpha value is -1.64. The molecular weight excluding hydrogens is 204 g/mol. The number of aryl methyl sites for hydroxylation is 1. The van der Waals surface area contributed by atoms with Crippen LogP contribution in [-0.4, -0.2) is 16.9 Å². The number of benzene rings is 1. The molecule has 0 amide bonds. The molecular formula is C13H16O3. The lowest BCUT2D eigenvalue weighted by molar-refractivity contribution is -0.138. The predicted molar refractivity (Wildman–Crippen MR) is 61.9 cm³/mol. The van der Waals surface area contributed by atoms with Gasteiger partial charge in [-0.3, -0.25) is 9.59 Å². The van der Waals surface area contributed by atoms with Crippen molar-refractivity contribution in [2.45, 2.75) is 33.1 Å². The minimum absolute atomic E-state index is 0.0811. The Morgan fingerprint density at radius 2 is 2.00 bits per heavy atom. The molecule has 0 aliphatic heterocycles. The van der Waals surface area contributed by atoms with Crippen molar-refractivity contribution >= 4 is 11.8 Å². The van der Waals surface area contributed by atoms with E-state index in [0.29, 0.717) is 12.0 Å². The second kappa shape index (κ2) is 4.92. The third kappa shape index (κ3) is 2.48. The molecule has 0 saturated heterocycles. The number of rotatable bonds is 4. The molecule has 0 heterocycles. The van der Waals surface area contributed by atoms with Gasteiger partial charge >= 0.3 is 5.97 Å². The summed E-state index contributed by atoms with van der Waals surface area (Å²) in [6.07, 6.45) is 0.466. The van der Waals surface area contributed by atoms with E-state index < -0.39 is 11.9 Å². The smallest absolute Gasteiger partial charge is 0.310 e. The maximum Gasteiger partial charge on any atom is 0.310 e. The van der Waals surface area contributed by atoms with E-state index >= 15 is 0 Å². The van der Waals surface area contributed by atoms with Gasteiger partial charge in [-0.15, -0.1) is 0 Å². The molecule has 1 unspecified atom stereocenters. The first-order chi connectivity index (χ1) is 7.47. The van der Waals surface area contributed by atoms with Gasteiger partial charge < -0.3 is 5.11 Å². The van der Waals surface area contributed by atoms with Crippen molar-refractivity contribution in [1.82, 2.24) is 0 Å². The maximum absolute atomic E-state index is 11.5. The van der Waals surface area contributed by atoms with Gasteiger partial charge in [0.05, 0.1) is 5.92 Å². The average molecular weight is 220 g/mol. The van der Waals surface area contributed by atoms with Crippen LogP contribution in [0.4, 0.5) is 0 Å². The Morgan fingerprint density at radius 3 is 2.44 bits per heavy atom. The number of carboxylic acid groups (broad SMARTS) is 1. The molecule has 1 atom stereocenters. The van der Waals surface area contributed by atoms with Gasteiger partial charge in [0.2, 0.25) is 0 Å². The molecule has 0 aliphatic carbocycles. The van der Waals surface area contributed by atoms with Crippen LogP contribution in [0, 0.1) is 6.92 Å². The Labute approximate surface area is 95.1 Å². The highest BCUT2D eigenvalue weighted by Crippen LogP contribution is 2.21. The van der Waals surface area contributed by atoms with Crippen LogP contribution < -0.4 is 0 Å². The van der Waals surface area contributed by atoms with E-state index in [0.717, 1.165) is 11.1 Å². The molecule has 0 aromatic heterocycles. The van der Waals surface area contributed by atoms with Gasteiger partial charge in [-0.1, -0.05) is 19.1 Å². The van der Waals surface area contributed by atoms with Gasteiger partial charge in [0.1, 0.15) is 0 Å². The number of carbonyl (C=O) groups is 2. The van der Waals surface area contributed by atoms with Crippen LogP contribution in [0.1, 0.15) is 47.7 Å². The highest BCUT2D eigenvalue weighted by atomic mass is 16.4. The van der Waals surface area contributed by atoms with E-state index in [1.807, 2.05) is 13.8 Å². The van der Waals surface area contributed by atoms with Crippen LogP contribution in [0.15, 0.2) is 18.2 Å². The van der Waals surface area contributed by atoms with Crippen molar-refractivity contribution < 1.29 is 14.7 Å². The third-order valence-corrected chi connectivity index (χ3v) is 2.75. The minimum Gasteiger partial charge on any atom is -0.481 e. The Kier molecular flexibility index (Phi) is 3.82. The third-order valence-electron chi connectivity index (χ3n) is 2.75. The molecule has 0 bridgehead atoms. The molecule has 0 aliphatic rings. The standard InChI is InChI=1S/C13H16O3/c1-4-12(14)10-5-6-11(8(2)7-10)9(3)13(15)16/h5-7,9H,4H2,1-3H3,(H,15,16). The summed E-state index contributed by atoms with van der Waals surface area (Å²) < 4.78 is 0. The Balaban J connectivity index is 3.09. The summed E-state index contributed by atoms with van der Waals surface area (Å²) in [5.74, 6) is -1.30. The van der Waals surface area contributed by atoms with Crippen molar-refractivity contribution in [3.05, 3.63) is 34.9 Å². The Morgan fingerprint density at radius 1 is 1.38 bits per heavy atom. The van der Waals surface area contributed by atoms with E-state index in [1.165, 1.54) is 0 Å². The predicted octanol–water partition coefficient (Wildman–Crippen LogP) is 2.78. The van der Waals surface area contributed by atoms with Crippen molar-refractivity contribution in [1.29, 1.82) is 0 Å². The fraction of sp³-hybridized carbons (Fsp3) is 0.385. The van der Waals surface area contributed by atoms with Crippen LogP contribution in [0.5, 0.6) is 0 Å². The van der Waals surface area contributed by atoms with E-state index in [1.54, 1.807) is 25.1 Å². The lowest BCUT2D eigenvalue weighted by Crippen LogP contribution is -2.09. The summed E-state index contributed by atoms with van der Waals surface area (Å²) in [6.45, 7) is 5.29. The topological polar surface area (TPSA) is 54.4 Å². The highest BCUT2D eigenvalue weighted by Gasteiger charge is 2.16. The first-order valence-electron chi connectivity index (χ1n) is 5.34.